The Morgan fingerprint density at radius 2 is 2.12 bits per heavy atom. The molecular formula is C18H18O6. The first-order chi connectivity index (χ1) is 11.3. The summed E-state index contributed by atoms with van der Waals surface area (Å²) in [5.74, 6) is -2.11. The molecule has 1 fully saturated rings. The minimum atomic E-state index is -1.50. The van der Waals surface area contributed by atoms with Gasteiger partial charge in [-0.3, -0.25) is 14.4 Å². The highest BCUT2D eigenvalue weighted by Crippen LogP contribution is 2.65. The Balaban J connectivity index is 2.09. The van der Waals surface area contributed by atoms with E-state index in [1.807, 2.05) is 0 Å². The number of esters is 3. The van der Waals surface area contributed by atoms with Crippen LogP contribution in [-0.2, 0) is 23.9 Å². The van der Waals surface area contributed by atoms with E-state index in [9.17, 15) is 14.4 Å². The molecule has 3 rings (SSSR count). The Hall–Kier alpha value is -2.63. The van der Waals surface area contributed by atoms with Crippen LogP contribution in [0, 0.1) is 5.41 Å². The molecule has 6 nitrogen and oxygen atoms in total. The van der Waals surface area contributed by atoms with Crippen molar-refractivity contribution in [1.29, 1.82) is 0 Å². The van der Waals surface area contributed by atoms with Gasteiger partial charge in [0.25, 0.3) is 0 Å². The maximum Gasteiger partial charge on any atom is 0.329 e. The molecule has 0 bridgehead atoms. The van der Waals surface area contributed by atoms with Crippen LogP contribution >= 0.6 is 0 Å². The van der Waals surface area contributed by atoms with E-state index in [2.05, 4.69) is 6.58 Å². The van der Waals surface area contributed by atoms with Gasteiger partial charge in [-0.1, -0.05) is 30.9 Å². The normalized spacial score (nSPS) is 30.1. The molecule has 1 saturated carbocycles. The zero-order chi connectivity index (χ0) is 17.5. The number of carbonyl (C=O) groups is 3. The van der Waals surface area contributed by atoms with Crippen molar-refractivity contribution in [2.45, 2.75) is 31.8 Å². The quantitative estimate of drug-likeness (QED) is 0.364. The molecule has 1 aromatic rings. The molecule has 0 aromatic heterocycles. The lowest BCUT2D eigenvalue weighted by Gasteiger charge is -2.58. The van der Waals surface area contributed by atoms with Crippen molar-refractivity contribution in [3.05, 3.63) is 42.5 Å². The van der Waals surface area contributed by atoms with Crippen LogP contribution in [0.5, 0.6) is 5.75 Å². The van der Waals surface area contributed by atoms with Gasteiger partial charge in [0.05, 0.1) is 5.92 Å². The maximum absolute atomic E-state index is 12.6. The third-order valence-electron chi connectivity index (χ3n) is 4.60. The van der Waals surface area contributed by atoms with E-state index in [1.165, 1.54) is 13.0 Å². The van der Waals surface area contributed by atoms with Gasteiger partial charge in [-0.25, -0.2) is 0 Å². The van der Waals surface area contributed by atoms with Gasteiger partial charge in [-0.05, 0) is 13.0 Å². The number of hydrogen-bond donors (Lipinski definition) is 0. The van der Waals surface area contributed by atoms with Gasteiger partial charge in [0, 0.05) is 18.9 Å². The fourth-order valence-corrected chi connectivity index (χ4v) is 3.90. The molecule has 1 aliphatic carbocycles. The van der Waals surface area contributed by atoms with E-state index in [1.54, 1.807) is 31.2 Å². The Morgan fingerprint density at radius 1 is 1.42 bits per heavy atom. The molecule has 0 N–H and O–H groups in total. The minimum Gasteiger partial charge on any atom is -0.461 e. The van der Waals surface area contributed by atoms with Gasteiger partial charge >= 0.3 is 17.9 Å². The Morgan fingerprint density at radius 3 is 2.79 bits per heavy atom. The van der Waals surface area contributed by atoms with Gasteiger partial charge in [0.15, 0.2) is 5.41 Å². The van der Waals surface area contributed by atoms with Crippen LogP contribution < -0.4 is 4.74 Å². The number of fused-ring (bicyclic) bond motifs is 3. The first-order valence-corrected chi connectivity index (χ1v) is 7.64. The molecule has 0 saturated heterocycles. The molecule has 6 heteroatoms. The second-order valence-corrected chi connectivity index (χ2v) is 6.30. The largest absolute Gasteiger partial charge is 0.461 e. The Kier molecular flexibility index (Phi) is 3.70. The molecule has 3 atom stereocenters. The summed E-state index contributed by atoms with van der Waals surface area (Å²) in [5, 5.41) is 0. The summed E-state index contributed by atoms with van der Waals surface area (Å²) in [6, 6.07) is 6.93. The highest BCUT2D eigenvalue weighted by Gasteiger charge is 2.75. The summed E-state index contributed by atoms with van der Waals surface area (Å²) in [4.78, 5) is 36.8. The van der Waals surface area contributed by atoms with Crippen LogP contribution in [0.1, 0.15) is 31.7 Å². The molecule has 1 aromatic carbocycles. The molecule has 24 heavy (non-hydrogen) atoms. The average molecular weight is 330 g/mol. The lowest BCUT2D eigenvalue weighted by Crippen LogP contribution is -2.69. The SMILES string of the molecule is C=CCOC(=O)[C@]12C[C@](C)(OC(C)=O)[C@@H]1c1ccccc1OC2=O. The first-order valence-electron chi connectivity index (χ1n) is 7.64. The van der Waals surface area contributed by atoms with E-state index in [0.29, 0.717) is 11.3 Å². The fraction of sp³-hybridized carbons (Fsp3) is 0.389. The van der Waals surface area contributed by atoms with E-state index in [-0.39, 0.29) is 13.0 Å². The third-order valence-corrected chi connectivity index (χ3v) is 4.60. The summed E-state index contributed by atoms with van der Waals surface area (Å²) in [6.07, 6.45) is 1.45. The standard InChI is InChI=1S/C18H18O6/c1-4-9-22-15(20)18-10-17(3,24-11(2)19)14(18)12-7-5-6-8-13(12)23-16(18)21/h4-8,14H,1,9-10H2,2-3H3/t14-,17-,18-/m0/s1. The highest BCUT2D eigenvalue weighted by atomic mass is 16.6. The number of ether oxygens (including phenoxy) is 3. The van der Waals surface area contributed by atoms with Crippen molar-refractivity contribution in [2.75, 3.05) is 6.61 Å². The summed E-state index contributed by atoms with van der Waals surface area (Å²) in [5.41, 5.74) is -1.82. The van der Waals surface area contributed by atoms with Crippen molar-refractivity contribution in [1.82, 2.24) is 0 Å². The van der Waals surface area contributed by atoms with E-state index >= 15 is 0 Å². The maximum atomic E-state index is 12.6. The second kappa shape index (κ2) is 5.47. The summed E-state index contributed by atoms with van der Waals surface area (Å²) in [7, 11) is 0. The first kappa shape index (κ1) is 16.2. The van der Waals surface area contributed by atoms with Crippen LogP contribution in [0.25, 0.3) is 0 Å². The molecule has 0 spiro atoms. The topological polar surface area (TPSA) is 78.9 Å². The zero-order valence-electron chi connectivity index (χ0n) is 13.5. The van der Waals surface area contributed by atoms with Crippen LogP contribution in [-0.4, -0.2) is 30.1 Å². The van der Waals surface area contributed by atoms with E-state index < -0.39 is 34.8 Å². The van der Waals surface area contributed by atoms with Gasteiger partial charge in [-0.15, -0.1) is 0 Å². The van der Waals surface area contributed by atoms with Crippen LogP contribution in [0.15, 0.2) is 36.9 Å². The fourth-order valence-electron chi connectivity index (χ4n) is 3.90. The third kappa shape index (κ3) is 2.13. The van der Waals surface area contributed by atoms with Crippen LogP contribution in [0.3, 0.4) is 0 Å². The van der Waals surface area contributed by atoms with Crippen molar-refractivity contribution in [3.63, 3.8) is 0 Å². The Labute approximate surface area is 139 Å². The number of hydrogen-bond acceptors (Lipinski definition) is 6. The van der Waals surface area contributed by atoms with E-state index in [0.717, 1.165) is 0 Å². The molecule has 0 amide bonds. The lowest BCUT2D eigenvalue weighted by atomic mass is 9.48. The van der Waals surface area contributed by atoms with Gasteiger partial charge in [0.2, 0.25) is 0 Å². The summed E-state index contributed by atoms with van der Waals surface area (Å²) in [6.45, 7) is 6.51. The van der Waals surface area contributed by atoms with Gasteiger partial charge in [-0.2, -0.15) is 0 Å². The van der Waals surface area contributed by atoms with E-state index in [4.69, 9.17) is 14.2 Å². The average Bonchev–Trinajstić information content (AvgIpc) is 2.50. The number of para-hydroxylation sites is 1. The van der Waals surface area contributed by atoms with Crippen molar-refractivity contribution < 1.29 is 28.6 Å². The van der Waals surface area contributed by atoms with Gasteiger partial charge < -0.3 is 14.2 Å². The molecule has 0 radical (unpaired) electrons. The zero-order valence-corrected chi connectivity index (χ0v) is 13.5. The summed E-state index contributed by atoms with van der Waals surface area (Å²) < 4.78 is 16.0. The smallest absolute Gasteiger partial charge is 0.329 e. The molecule has 1 aliphatic heterocycles. The second-order valence-electron chi connectivity index (χ2n) is 6.30. The number of benzene rings is 1. The molecule has 2 aliphatic rings. The Bertz CT molecular complexity index is 739. The monoisotopic (exact) mass is 330 g/mol. The predicted molar refractivity (Wildman–Crippen MR) is 83.2 cm³/mol. The molecular weight excluding hydrogens is 312 g/mol. The highest BCUT2D eigenvalue weighted by molar-refractivity contribution is 6.05. The van der Waals surface area contributed by atoms with Crippen LogP contribution in [0.4, 0.5) is 0 Å². The van der Waals surface area contributed by atoms with Crippen molar-refractivity contribution in [2.24, 2.45) is 5.41 Å². The summed E-state index contributed by atoms with van der Waals surface area (Å²) >= 11 is 0. The number of rotatable bonds is 4. The number of carbonyl (C=O) groups excluding carboxylic acids is 3. The lowest BCUT2D eigenvalue weighted by molar-refractivity contribution is -0.218. The molecule has 0 unspecified atom stereocenters. The predicted octanol–water partition coefficient (Wildman–Crippen LogP) is 2.13. The molecule has 126 valence electrons. The van der Waals surface area contributed by atoms with Gasteiger partial charge in [0.1, 0.15) is 18.0 Å². The minimum absolute atomic E-state index is 0.00743. The van der Waals surface area contributed by atoms with Crippen molar-refractivity contribution in [3.8, 4) is 5.75 Å². The van der Waals surface area contributed by atoms with Crippen LogP contribution in [0.2, 0.25) is 0 Å². The molecule has 1 heterocycles. The van der Waals surface area contributed by atoms with Crippen molar-refractivity contribution >= 4 is 17.9 Å².